The molecule has 0 spiro atoms. The summed E-state index contributed by atoms with van der Waals surface area (Å²) < 4.78 is 11.0. The topological polar surface area (TPSA) is 67.8 Å². The summed E-state index contributed by atoms with van der Waals surface area (Å²) in [5, 5.41) is 7.85. The Morgan fingerprint density at radius 3 is 2.64 bits per heavy atom. The maximum atomic E-state index is 5.64. The van der Waals surface area contributed by atoms with Crippen molar-refractivity contribution in [3.63, 3.8) is 0 Å². The molecule has 0 amide bonds. The number of benzene rings is 2. The Kier molecular flexibility index (Phi) is 6.68. The summed E-state index contributed by atoms with van der Waals surface area (Å²) in [5.41, 5.74) is 3.25. The van der Waals surface area contributed by atoms with Crippen LogP contribution < -0.4 is 20.1 Å². The second kappa shape index (κ2) is 9.60. The molecule has 0 saturated carbocycles. The minimum Gasteiger partial charge on any atom is -0.493 e. The summed E-state index contributed by atoms with van der Waals surface area (Å²) in [7, 11) is 3.41. The lowest BCUT2D eigenvalue weighted by Gasteiger charge is -2.14. The first-order valence-electron chi connectivity index (χ1n) is 9.32. The molecule has 0 saturated heterocycles. The SMILES string of the molecule is CCOc1cc(CNC(=NC)NCc2ccnc3ccccc23)ccc1OC. The number of pyridine rings is 1. The molecule has 2 N–H and O–H groups in total. The number of fused-ring (bicyclic) bond motifs is 1. The summed E-state index contributed by atoms with van der Waals surface area (Å²) >= 11 is 0. The van der Waals surface area contributed by atoms with Crippen LogP contribution in [0.25, 0.3) is 10.9 Å². The van der Waals surface area contributed by atoms with Gasteiger partial charge in [-0.25, -0.2) is 0 Å². The van der Waals surface area contributed by atoms with Gasteiger partial charge in [-0.1, -0.05) is 24.3 Å². The third kappa shape index (κ3) is 4.71. The summed E-state index contributed by atoms with van der Waals surface area (Å²) in [6.07, 6.45) is 1.84. The van der Waals surface area contributed by atoms with Crippen LogP contribution in [0.1, 0.15) is 18.1 Å². The maximum Gasteiger partial charge on any atom is 0.191 e. The predicted molar refractivity (Wildman–Crippen MR) is 113 cm³/mol. The van der Waals surface area contributed by atoms with Crippen molar-refractivity contribution in [2.24, 2.45) is 4.99 Å². The zero-order valence-corrected chi connectivity index (χ0v) is 16.5. The van der Waals surface area contributed by atoms with E-state index in [0.717, 1.165) is 33.9 Å². The molecule has 0 aliphatic heterocycles. The third-order valence-corrected chi connectivity index (χ3v) is 4.40. The van der Waals surface area contributed by atoms with Crippen LogP contribution in [-0.2, 0) is 13.1 Å². The number of aliphatic imine (C=N–C) groups is 1. The van der Waals surface area contributed by atoms with E-state index in [1.165, 1.54) is 5.56 Å². The van der Waals surface area contributed by atoms with Gasteiger partial charge in [0.05, 0.1) is 19.2 Å². The Labute approximate surface area is 165 Å². The molecule has 0 unspecified atom stereocenters. The van der Waals surface area contributed by atoms with Gasteiger partial charge < -0.3 is 20.1 Å². The van der Waals surface area contributed by atoms with E-state index in [2.05, 4.69) is 26.7 Å². The molecule has 0 bridgehead atoms. The highest BCUT2D eigenvalue weighted by Crippen LogP contribution is 2.28. The van der Waals surface area contributed by atoms with E-state index in [9.17, 15) is 0 Å². The number of nitrogens with one attached hydrogen (secondary N) is 2. The molecule has 146 valence electrons. The van der Waals surface area contributed by atoms with Gasteiger partial charge >= 0.3 is 0 Å². The largest absolute Gasteiger partial charge is 0.493 e. The van der Waals surface area contributed by atoms with Crippen LogP contribution in [0.5, 0.6) is 11.5 Å². The fourth-order valence-corrected chi connectivity index (χ4v) is 2.99. The Bertz CT molecular complexity index is 951. The monoisotopic (exact) mass is 378 g/mol. The second-order valence-electron chi connectivity index (χ2n) is 6.18. The number of rotatable bonds is 7. The lowest BCUT2D eigenvalue weighted by atomic mass is 10.1. The Balaban J connectivity index is 1.63. The van der Waals surface area contributed by atoms with Gasteiger partial charge in [-0.3, -0.25) is 9.98 Å². The zero-order chi connectivity index (χ0) is 19.8. The van der Waals surface area contributed by atoms with E-state index in [1.54, 1.807) is 14.2 Å². The van der Waals surface area contributed by atoms with Crippen molar-refractivity contribution in [3.05, 3.63) is 65.9 Å². The molecule has 0 atom stereocenters. The van der Waals surface area contributed by atoms with Crippen LogP contribution in [0.3, 0.4) is 0 Å². The van der Waals surface area contributed by atoms with Gasteiger partial charge in [0.15, 0.2) is 17.5 Å². The first-order chi connectivity index (χ1) is 13.7. The number of aromatic nitrogens is 1. The minimum absolute atomic E-state index is 0.594. The van der Waals surface area contributed by atoms with Crippen molar-refractivity contribution in [3.8, 4) is 11.5 Å². The average Bonchev–Trinajstić information content (AvgIpc) is 2.74. The molecule has 0 aliphatic carbocycles. The third-order valence-electron chi connectivity index (χ3n) is 4.40. The number of nitrogens with zero attached hydrogens (tertiary/aromatic N) is 2. The van der Waals surface area contributed by atoms with Crippen molar-refractivity contribution in [2.75, 3.05) is 20.8 Å². The van der Waals surface area contributed by atoms with Gasteiger partial charge in [-0.05, 0) is 42.3 Å². The summed E-state index contributed by atoms with van der Waals surface area (Å²) in [4.78, 5) is 8.72. The second-order valence-corrected chi connectivity index (χ2v) is 6.18. The molecule has 3 aromatic rings. The molecule has 6 heteroatoms. The van der Waals surface area contributed by atoms with Gasteiger partial charge in [-0.2, -0.15) is 0 Å². The molecule has 0 radical (unpaired) electrons. The van der Waals surface area contributed by atoms with Gasteiger partial charge in [-0.15, -0.1) is 0 Å². The van der Waals surface area contributed by atoms with Crippen LogP contribution in [0, 0.1) is 0 Å². The van der Waals surface area contributed by atoms with Crippen LogP contribution >= 0.6 is 0 Å². The molecule has 1 aromatic heterocycles. The minimum atomic E-state index is 0.594. The van der Waals surface area contributed by atoms with E-state index in [4.69, 9.17) is 9.47 Å². The number of ether oxygens (including phenoxy) is 2. The van der Waals surface area contributed by atoms with Gasteiger partial charge in [0, 0.05) is 31.7 Å². The van der Waals surface area contributed by atoms with Gasteiger partial charge in [0.1, 0.15) is 0 Å². The van der Waals surface area contributed by atoms with Crippen molar-refractivity contribution in [2.45, 2.75) is 20.0 Å². The number of guanidine groups is 1. The van der Waals surface area contributed by atoms with Crippen LogP contribution in [-0.4, -0.2) is 31.7 Å². The van der Waals surface area contributed by atoms with E-state index in [-0.39, 0.29) is 0 Å². The first kappa shape index (κ1) is 19.5. The molecule has 3 rings (SSSR count). The summed E-state index contributed by atoms with van der Waals surface area (Å²) in [6.45, 7) is 3.84. The van der Waals surface area contributed by atoms with Gasteiger partial charge in [0.25, 0.3) is 0 Å². The zero-order valence-electron chi connectivity index (χ0n) is 16.5. The highest BCUT2D eigenvalue weighted by atomic mass is 16.5. The predicted octanol–water partition coefficient (Wildman–Crippen LogP) is 3.51. The van der Waals surface area contributed by atoms with Crippen molar-refractivity contribution < 1.29 is 9.47 Å². The quantitative estimate of drug-likeness (QED) is 0.486. The molecular formula is C22H26N4O2. The standard InChI is InChI=1S/C22H26N4O2/c1-4-28-21-13-16(9-10-20(21)27-3)14-25-22(23-2)26-15-17-11-12-24-19-8-6-5-7-18(17)19/h5-13H,4,14-15H2,1-3H3,(H2,23,25,26). The molecule has 0 aliphatic rings. The van der Waals surface area contributed by atoms with E-state index in [1.807, 2.05) is 55.6 Å². The summed E-state index contributed by atoms with van der Waals surface area (Å²) in [5.74, 6) is 2.21. The van der Waals surface area contributed by atoms with Gasteiger partial charge in [0.2, 0.25) is 0 Å². The smallest absolute Gasteiger partial charge is 0.191 e. The fraction of sp³-hybridized carbons (Fsp3) is 0.273. The number of para-hydroxylation sites is 1. The molecule has 0 fully saturated rings. The average molecular weight is 378 g/mol. The Hall–Kier alpha value is -3.28. The Morgan fingerprint density at radius 2 is 1.86 bits per heavy atom. The van der Waals surface area contributed by atoms with E-state index >= 15 is 0 Å². The van der Waals surface area contributed by atoms with Crippen molar-refractivity contribution in [1.82, 2.24) is 15.6 Å². The highest BCUT2D eigenvalue weighted by Gasteiger charge is 2.07. The normalized spacial score (nSPS) is 11.3. The van der Waals surface area contributed by atoms with Crippen LogP contribution in [0.15, 0.2) is 59.7 Å². The van der Waals surface area contributed by atoms with Crippen LogP contribution in [0.4, 0.5) is 0 Å². The first-order valence-corrected chi connectivity index (χ1v) is 9.32. The lowest BCUT2D eigenvalue weighted by Crippen LogP contribution is -2.36. The maximum absolute atomic E-state index is 5.64. The molecule has 6 nitrogen and oxygen atoms in total. The lowest BCUT2D eigenvalue weighted by molar-refractivity contribution is 0.310. The fourth-order valence-electron chi connectivity index (χ4n) is 2.99. The van der Waals surface area contributed by atoms with Crippen molar-refractivity contribution in [1.29, 1.82) is 0 Å². The number of hydrogen-bond donors (Lipinski definition) is 2. The molecule has 28 heavy (non-hydrogen) atoms. The van der Waals surface area contributed by atoms with E-state index in [0.29, 0.717) is 19.7 Å². The molecule has 1 heterocycles. The molecular weight excluding hydrogens is 352 g/mol. The molecule has 2 aromatic carbocycles. The summed E-state index contributed by atoms with van der Waals surface area (Å²) in [6, 6.07) is 16.1. The Morgan fingerprint density at radius 1 is 1.04 bits per heavy atom. The van der Waals surface area contributed by atoms with Crippen LogP contribution in [0.2, 0.25) is 0 Å². The number of hydrogen-bond acceptors (Lipinski definition) is 4. The highest BCUT2D eigenvalue weighted by molar-refractivity contribution is 5.83. The number of methoxy groups -OCH3 is 1. The van der Waals surface area contributed by atoms with Crippen molar-refractivity contribution >= 4 is 16.9 Å². The van der Waals surface area contributed by atoms with E-state index < -0.39 is 0 Å².